The lowest BCUT2D eigenvalue weighted by molar-refractivity contribution is -0.114. The minimum Gasteiger partial charge on any atom is -0.276 e. The van der Waals surface area contributed by atoms with Crippen LogP contribution in [-0.4, -0.2) is 16.7 Å². The monoisotopic (exact) mass is 384 g/mol. The number of amidine groups is 1. The summed E-state index contributed by atoms with van der Waals surface area (Å²) in [6.07, 6.45) is 10.5. The molecule has 0 fully saturated rings. The van der Waals surface area contributed by atoms with Crippen molar-refractivity contribution in [2.45, 2.75) is 39.0 Å². The van der Waals surface area contributed by atoms with Crippen molar-refractivity contribution in [1.29, 1.82) is 0 Å². The highest BCUT2D eigenvalue weighted by molar-refractivity contribution is 6.08. The fourth-order valence-corrected chi connectivity index (χ4v) is 2.80. The lowest BCUT2D eigenvalue weighted by Gasteiger charge is -2.28. The molecule has 1 aliphatic heterocycles. The summed E-state index contributed by atoms with van der Waals surface area (Å²) >= 11 is 0. The molecule has 1 amide bonds. The molecule has 1 N–H and O–H groups in total. The molecule has 1 aromatic carbocycles. The van der Waals surface area contributed by atoms with E-state index in [2.05, 4.69) is 22.3 Å². The number of nitrogens with zero attached hydrogens (tertiary/aromatic N) is 3. The van der Waals surface area contributed by atoms with Gasteiger partial charge in [-0.15, -0.1) is 12.4 Å². The van der Waals surface area contributed by atoms with E-state index in [1.165, 1.54) is 24.3 Å². The highest BCUT2D eigenvalue weighted by atomic mass is 35.5. The normalized spacial score (nSPS) is 12.8. The fourth-order valence-electron chi connectivity index (χ4n) is 2.80. The van der Waals surface area contributed by atoms with Crippen LogP contribution in [0.1, 0.15) is 44.6 Å². The average Bonchev–Trinajstić information content (AvgIpc) is 2.69. The number of hydrogen-bond donors (Lipinski definition) is 1. The van der Waals surface area contributed by atoms with E-state index < -0.39 is 0 Å². The number of carbonyl (C=O) groups is 1. The number of carbonyl (C=O) groups excluding carboxylic acids is 1. The number of hydrazine groups is 1. The Labute approximate surface area is 166 Å². The van der Waals surface area contributed by atoms with Gasteiger partial charge in [0.1, 0.15) is 11.5 Å². The predicted octanol–water partition coefficient (Wildman–Crippen LogP) is 5.07. The molecular formula is C21H25ClN4O. The molecule has 0 aliphatic carbocycles. The number of anilines is 1. The maximum atomic E-state index is 12.7. The van der Waals surface area contributed by atoms with Gasteiger partial charge in [-0.25, -0.2) is 9.98 Å². The molecule has 0 bridgehead atoms. The van der Waals surface area contributed by atoms with Gasteiger partial charge in [-0.2, -0.15) is 5.01 Å². The number of hydrogen-bond acceptors (Lipinski definition) is 4. The summed E-state index contributed by atoms with van der Waals surface area (Å²) in [7, 11) is 0. The van der Waals surface area contributed by atoms with E-state index in [0.29, 0.717) is 5.82 Å². The number of nitrogens with one attached hydrogen (secondary N) is 1. The molecule has 1 aromatic heterocycles. The van der Waals surface area contributed by atoms with E-state index in [1.54, 1.807) is 18.3 Å². The number of unbranched alkanes of at least 4 members (excludes halogenated alkanes) is 3. The van der Waals surface area contributed by atoms with Gasteiger partial charge < -0.3 is 0 Å². The first-order chi connectivity index (χ1) is 12.8. The quantitative estimate of drug-likeness (QED) is 0.535. The van der Waals surface area contributed by atoms with Crippen LogP contribution in [0.5, 0.6) is 0 Å². The zero-order valence-electron chi connectivity index (χ0n) is 15.5. The predicted molar refractivity (Wildman–Crippen MR) is 113 cm³/mol. The van der Waals surface area contributed by atoms with Gasteiger partial charge in [-0.3, -0.25) is 10.2 Å². The lowest BCUT2D eigenvalue weighted by atomic mass is 10.1. The van der Waals surface area contributed by atoms with Crippen molar-refractivity contribution in [3.05, 3.63) is 60.3 Å². The molecule has 2 aromatic rings. The van der Waals surface area contributed by atoms with Crippen LogP contribution in [0, 0.1) is 0 Å². The van der Waals surface area contributed by atoms with Crippen LogP contribution in [0.15, 0.2) is 59.7 Å². The minimum atomic E-state index is -0.172. The van der Waals surface area contributed by atoms with Crippen LogP contribution in [-0.2, 0) is 4.79 Å². The van der Waals surface area contributed by atoms with Gasteiger partial charge in [-0.1, -0.05) is 56.5 Å². The summed E-state index contributed by atoms with van der Waals surface area (Å²) in [6.45, 7) is 2.19. The molecular weight excluding hydrogens is 360 g/mol. The molecule has 0 spiro atoms. The Balaban J connectivity index is 0.00000261. The van der Waals surface area contributed by atoms with Gasteiger partial charge >= 0.3 is 0 Å². The fraction of sp³-hybridized carbons (Fsp3) is 0.286. The van der Waals surface area contributed by atoms with Crippen molar-refractivity contribution in [3.8, 4) is 0 Å². The third-order valence-electron chi connectivity index (χ3n) is 4.18. The largest absolute Gasteiger partial charge is 0.276 e. The molecule has 3 rings (SSSR count). The molecule has 27 heavy (non-hydrogen) atoms. The highest BCUT2D eigenvalue weighted by Crippen LogP contribution is 2.28. The molecule has 1 aliphatic rings. The van der Waals surface area contributed by atoms with Gasteiger partial charge in [-0.05, 0) is 30.2 Å². The number of fused-ring (bicyclic) bond motifs is 1. The Morgan fingerprint density at radius 3 is 2.70 bits per heavy atom. The van der Waals surface area contributed by atoms with E-state index in [9.17, 15) is 4.79 Å². The summed E-state index contributed by atoms with van der Waals surface area (Å²) in [5.74, 6) is 1.17. The van der Waals surface area contributed by atoms with E-state index in [-0.39, 0.29) is 18.3 Å². The second-order valence-corrected chi connectivity index (χ2v) is 6.24. The van der Waals surface area contributed by atoms with E-state index in [1.807, 2.05) is 42.5 Å². The number of aromatic nitrogens is 1. The maximum Gasteiger partial charge on any atom is 0.271 e. The summed E-state index contributed by atoms with van der Waals surface area (Å²) in [5, 5.41) is 1.48. The summed E-state index contributed by atoms with van der Waals surface area (Å²) < 4.78 is 0. The second kappa shape index (κ2) is 10.5. The number of benzene rings is 1. The molecule has 0 saturated heterocycles. The molecule has 5 nitrogen and oxygen atoms in total. The minimum absolute atomic E-state index is 0. The summed E-state index contributed by atoms with van der Waals surface area (Å²) in [6, 6.07) is 13.5. The van der Waals surface area contributed by atoms with Crippen molar-refractivity contribution >= 4 is 41.7 Å². The third kappa shape index (κ3) is 5.66. The molecule has 6 heteroatoms. The van der Waals surface area contributed by atoms with Gasteiger partial charge in [0, 0.05) is 18.7 Å². The van der Waals surface area contributed by atoms with Crippen molar-refractivity contribution < 1.29 is 4.79 Å². The van der Waals surface area contributed by atoms with Gasteiger partial charge in [0.25, 0.3) is 5.91 Å². The number of amides is 1. The van der Waals surface area contributed by atoms with Crippen LogP contribution in [0.4, 0.5) is 11.5 Å². The molecule has 0 saturated carbocycles. The van der Waals surface area contributed by atoms with Gasteiger partial charge in [0.15, 0.2) is 5.82 Å². The lowest BCUT2D eigenvalue weighted by Crippen LogP contribution is -2.48. The van der Waals surface area contributed by atoms with Crippen molar-refractivity contribution in [3.63, 3.8) is 0 Å². The number of rotatable bonds is 7. The third-order valence-corrected chi connectivity index (χ3v) is 4.18. The molecule has 2 heterocycles. The number of aliphatic imine (C=N–C) groups is 1. The van der Waals surface area contributed by atoms with E-state index >= 15 is 0 Å². The van der Waals surface area contributed by atoms with Crippen molar-refractivity contribution in [1.82, 2.24) is 10.4 Å². The van der Waals surface area contributed by atoms with E-state index in [4.69, 9.17) is 0 Å². The maximum absolute atomic E-state index is 12.7. The highest BCUT2D eigenvalue weighted by Gasteiger charge is 2.23. The molecule has 0 atom stereocenters. The van der Waals surface area contributed by atoms with Crippen LogP contribution in [0.25, 0.3) is 6.08 Å². The number of halogens is 1. The van der Waals surface area contributed by atoms with E-state index in [0.717, 1.165) is 29.9 Å². The zero-order chi connectivity index (χ0) is 18.2. The van der Waals surface area contributed by atoms with Gasteiger partial charge in [0.2, 0.25) is 0 Å². The molecule has 142 valence electrons. The van der Waals surface area contributed by atoms with Crippen LogP contribution < -0.4 is 10.4 Å². The molecule has 0 unspecified atom stereocenters. The Bertz CT molecular complexity index is 805. The van der Waals surface area contributed by atoms with Crippen LogP contribution in [0.3, 0.4) is 0 Å². The topological polar surface area (TPSA) is 57.6 Å². The Morgan fingerprint density at radius 1 is 1.11 bits per heavy atom. The smallest absolute Gasteiger partial charge is 0.271 e. The first-order valence-electron chi connectivity index (χ1n) is 9.14. The number of pyridine rings is 1. The van der Waals surface area contributed by atoms with Crippen LogP contribution >= 0.6 is 12.4 Å². The first kappa shape index (κ1) is 20.6. The standard InChI is InChI=1S/C21H24N4O.ClH/c1-2-3-4-8-13-19-23-18-12-9-16-22-21(18)25(24-19)20(26)15-14-17-10-6-5-7-11-17;/h5-7,9-12,14-16H,2-4,8,13H2,1H3,(H,23,24);1H. The zero-order valence-corrected chi connectivity index (χ0v) is 16.3. The second-order valence-electron chi connectivity index (χ2n) is 6.24. The Kier molecular flexibility index (Phi) is 8.01. The van der Waals surface area contributed by atoms with Crippen LogP contribution in [0.2, 0.25) is 0 Å². The SMILES string of the molecule is CCCCCCC1=Nc2cccnc2N(C(=O)C=Cc2ccccc2)N1.Cl. The van der Waals surface area contributed by atoms with Crippen molar-refractivity contribution in [2.75, 3.05) is 5.01 Å². The van der Waals surface area contributed by atoms with Crippen molar-refractivity contribution in [2.24, 2.45) is 4.99 Å². The molecule has 0 radical (unpaired) electrons. The van der Waals surface area contributed by atoms with Gasteiger partial charge in [0.05, 0.1) is 0 Å². The Morgan fingerprint density at radius 2 is 1.93 bits per heavy atom. The summed E-state index contributed by atoms with van der Waals surface area (Å²) in [5.41, 5.74) is 4.84. The first-order valence-corrected chi connectivity index (χ1v) is 9.14. The summed E-state index contributed by atoms with van der Waals surface area (Å²) in [4.78, 5) is 21.7. The average molecular weight is 385 g/mol. The Hall–Kier alpha value is -2.66.